The number of halogens is 1. The van der Waals surface area contributed by atoms with Gasteiger partial charge < -0.3 is 25.4 Å². The van der Waals surface area contributed by atoms with Gasteiger partial charge in [-0.15, -0.1) is 11.8 Å². The highest BCUT2D eigenvalue weighted by molar-refractivity contribution is 8.02. The Morgan fingerprint density at radius 3 is 1.92 bits per heavy atom. The third kappa shape index (κ3) is 11.7. The number of ether oxygens (including phenoxy) is 2. The maximum Gasteiger partial charge on any atom is 0.413 e. The van der Waals surface area contributed by atoms with Gasteiger partial charge in [-0.1, -0.05) is 192 Å². The van der Waals surface area contributed by atoms with Crippen molar-refractivity contribution in [2.45, 2.75) is 54.5 Å². The van der Waals surface area contributed by atoms with E-state index in [1.165, 1.54) is 22.7 Å². The van der Waals surface area contributed by atoms with Crippen LogP contribution in [-0.4, -0.2) is 72.2 Å². The lowest BCUT2D eigenvalue weighted by Gasteiger charge is -2.49. The Labute approximate surface area is 448 Å². The summed E-state index contributed by atoms with van der Waals surface area (Å²) in [5, 5.41) is 11.2. The third-order valence-corrected chi connectivity index (χ3v) is 14.7. The van der Waals surface area contributed by atoms with E-state index in [4.69, 9.17) is 31.6 Å². The summed E-state index contributed by atoms with van der Waals surface area (Å²) in [6.45, 7) is 5.13. The number of thioether (sulfide) groups is 2. The highest BCUT2D eigenvalue weighted by Gasteiger charge is 2.55. The molecule has 3 amide bonds. The Balaban J connectivity index is 1.09. The number of esters is 1. The minimum absolute atomic E-state index is 0.00594. The molecule has 1 saturated heterocycles. The Morgan fingerprint density at radius 1 is 0.840 bits per heavy atom. The molecule has 7 aromatic rings. The molecule has 2 unspecified atom stereocenters. The van der Waals surface area contributed by atoms with Gasteiger partial charge in [-0.05, 0) is 49.0 Å². The average Bonchev–Trinajstić information content (AvgIpc) is 3.77. The monoisotopic (exact) mass is 1080 g/mol. The topological polar surface area (TPSA) is 220 Å². The zero-order chi connectivity index (χ0) is 52.7. The molecule has 2 aromatic heterocycles. The number of H-pyrrole nitrogens is 1. The molecule has 0 aliphatic carbocycles. The van der Waals surface area contributed by atoms with Crippen LogP contribution in [0.4, 0.5) is 15.7 Å². The quantitative estimate of drug-likeness (QED) is 0.0135. The maximum absolute atomic E-state index is 15.1. The lowest BCUT2D eigenvalue weighted by molar-refractivity contribution is -0.154. The van der Waals surface area contributed by atoms with E-state index in [1.807, 2.05) is 152 Å². The van der Waals surface area contributed by atoms with E-state index in [1.54, 1.807) is 32.3 Å². The molecule has 16 nitrogen and oxygen atoms in total. The van der Waals surface area contributed by atoms with Crippen LogP contribution >= 0.6 is 46.5 Å². The second-order valence-corrected chi connectivity index (χ2v) is 21.5. The van der Waals surface area contributed by atoms with Crippen LogP contribution in [0.5, 0.6) is 0 Å². The highest BCUT2D eigenvalue weighted by atomic mass is 35.5. The van der Waals surface area contributed by atoms with E-state index < -0.39 is 64.0 Å². The first-order valence-electron chi connectivity index (χ1n) is 23.3. The zero-order valence-electron chi connectivity index (χ0n) is 40.3. The number of β-lactam (4-membered cyclic amide) rings is 1. The fourth-order valence-electron chi connectivity index (χ4n) is 8.29. The van der Waals surface area contributed by atoms with Crippen LogP contribution in [0, 0.1) is 0 Å². The number of nitrogens with zero attached hydrogens (tertiary/aromatic N) is 4. The number of fused-ring (bicyclic) bond motifs is 1. The van der Waals surface area contributed by atoms with Gasteiger partial charge in [0.1, 0.15) is 43.6 Å². The SMILES string of the molecule is CC(C)(C)OC(=O)Nc1nc(/C(=N\OC(c2ccccc2)(c2ccccc2)c2ccccc2)C(=O)NC2C(=O)N3C(C(=O)OC(c4ccccc4)c4ccccc4)=C(/C=C/Sc4cc(N)[nH]c(=O)n4)CSC23)c(Cl)s1. The van der Waals surface area contributed by atoms with Crippen LogP contribution in [0.1, 0.15) is 60.4 Å². The van der Waals surface area contributed by atoms with Crippen LogP contribution in [0.25, 0.3) is 0 Å². The van der Waals surface area contributed by atoms with Crippen LogP contribution in [0.15, 0.2) is 195 Å². The highest BCUT2D eigenvalue weighted by Crippen LogP contribution is 2.44. The number of oxime groups is 1. The van der Waals surface area contributed by atoms with Crippen molar-refractivity contribution in [2.24, 2.45) is 5.16 Å². The first-order valence-corrected chi connectivity index (χ1v) is 26.4. The first kappa shape index (κ1) is 51.9. The number of nitrogens with one attached hydrogen (secondary N) is 3. The fraction of sp³-hybridized carbons (Fsp3) is 0.164. The van der Waals surface area contributed by atoms with Crippen molar-refractivity contribution in [1.29, 1.82) is 0 Å². The zero-order valence-corrected chi connectivity index (χ0v) is 43.5. The third-order valence-electron chi connectivity index (χ3n) is 11.6. The molecule has 2 atom stereocenters. The van der Waals surface area contributed by atoms with Gasteiger partial charge >= 0.3 is 17.8 Å². The van der Waals surface area contributed by atoms with Gasteiger partial charge in [-0.2, -0.15) is 4.98 Å². The van der Waals surface area contributed by atoms with Crippen molar-refractivity contribution < 1.29 is 33.5 Å². The van der Waals surface area contributed by atoms with E-state index in [0.717, 1.165) is 23.1 Å². The maximum atomic E-state index is 15.1. The molecule has 0 spiro atoms. The molecular formula is C55H47ClN8O8S3. The smallest absolute Gasteiger partial charge is 0.413 e. The van der Waals surface area contributed by atoms with Crippen LogP contribution < -0.4 is 22.1 Å². The van der Waals surface area contributed by atoms with Gasteiger partial charge in [0.15, 0.2) is 16.9 Å². The Hall–Kier alpha value is -7.97. The number of nitrogen functional groups attached to an aromatic ring is 1. The summed E-state index contributed by atoms with van der Waals surface area (Å²) in [5.41, 5.74) is 6.12. The molecule has 5 aromatic carbocycles. The second kappa shape index (κ2) is 22.7. The molecular weight excluding hydrogens is 1030 g/mol. The lowest BCUT2D eigenvalue weighted by Crippen LogP contribution is -2.71. The number of hydrogen-bond acceptors (Lipinski definition) is 15. The van der Waals surface area contributed by atoms with Gasteiger partial charge in [0.05, 0.1) is 0 Å². The average molecular weight is 1080 g/mol. The number of allylic oxidation sites excluding steroid dienone is 1. The molecule has 0 bridgehead atoms. The van der Waals surface area contributed by atoms with E-state index in [9.17, 15) is 19.2 Å². The molecule has 2 aliphatic heterocycles. The number of anilines is 2. The predicted molar refractivity (Wildman–Crippen MR) is 291 cm³/mol. The number of aromatic nitrogens is 3. The molecule has 0 radical (unpaired) electrons. The summed E-state index contributed by atoms with van der Waals surface area (Å²) in [6, 6.07) is 46.8. The summed E-state index contributed by atoms with van der Waals surface area (Å²) >= 11 is 10.1. The number of benzene rings is 5. The number of aromatic amines is 1. The van der Waals surface area contributed by atoms with Crippen LogP contribution in [0.3, 0.4) is 0 Å². The van der Waals surface area contributed by atoms with Crippen molar-refractivity contribution in [3.05, 3.63) is 229 Å². The van der Waals surface area contributed by atoms with Gasteiger partial charge in [0, 0.05) is 28.5 Å². The number of amides is 3. The van der Waals surface area contributed by atoms with Crippen LogP contribution in [-0.2, 0) is 34.3 Å². The standard InChI is InChI=1S/C55H47ClN8O8S3/c1-54(2,3)71-53(69)62-52-61-41(46(56)75-52)42(63-72-55(36-23-13-6-14-24-36,37-25-15-7-16-26-37)38-27-17-8-18-28-38)47(65)60-43-48(66)64-44(35(32-74-49(43)64)29-30-73-40-31-39(57)58-51(68)59-40)50(67)70-45(33-19-9-4-10-20-33)34-21-11-5-12-22-34/h4-31,43,45,49H,32H2,1-3H3,(H,60,65)(H,61,62,69)(H3,57,58,59,68)/b30-29+,63-42+. The molecule has 1 fully saturated rings. The van der Waals surface area contributed by atoms with E-state index in [2.05, 4.69) is 30.7 Å². The minimum atomic E-state index is -1.46. The van der Waals surface area contributed by atoms with Crippen molar-refractivity contribution in [2.75, 3.05) is 16.8 Å². The number of rotatable bonds is 16. The molecule has 20 heteroatoms. The summed E-state index contributed by atoms with van der Waals surface area (Å²) in [4.78, 5) is 88.6. The molecule has 9 rings (SSSR count). The van der Waals surface area contributed by atoms with Crippen molar-refractivity contribution in [1.82, 2.24) is 25.2 Å². The summed E-state index contributed by atoms with van der Waals surface area (Å²) in [7, 11) is 0. The van der Waals surface area contributed by atoms with Gasteiger partial charge in [-0.3, -0.25) is 24.8 Å². The van der Waals surface area contributed by atoms with E-state index in [-0.39, 0.29) is 32.4 Å². The van der Waals surface area contributed by atoms with Gasteiger partial charge in [0.25, 0.3) is 11.8 Å². The van der Waals surface area contributed by atoms with Crippen molar-refractivity contribution in [3.8, 4) is 0 Å². The summed E-state index contributed by atoms with van der Waals surface area (Å²) < 4.78 is 11.8. The number of carbonyl (C=O) groups is 4. The van der Waals surface area contributed by atoms with Crippen LogP contribution in [0.2, 0.25) is 4.34 Å². The first-order chi connectivity index (χ1) is 36.2. The normalized spacial score (nSPS) is 15.8. The number of thiazole rings is 1. The lowest BCUT2D eigenvalue weighted by atomic mass is 9.80. The Kier molecular flexibility index (Phi) is 15.7. The van der Waals surface area contributed by atoms with Crippen molar-refractivity contribution in [3.63, 3.8) is 0 Å². The molecule has 2 aliphatic rings. The second-order valence-electron chi connectivity index (χ2n) is 17.8. The number of carbonyl (C=O) groups excluding carboxylic acids is 4. The Bertz CT molecular complexity index is 3240. The molecule has 5 N–H and O–H groups in total. The van der Waals surface area contributed by atoms with Gasteiger partial charge in [0.2, 0.25) is 5.60 Å². The van der Waals surface area contributed by atoms with Crippen molar-refractivity contribution >= 4 is 87.0 Å². The Morgan fingerprint density at radius 2 is 1.39 bits per heavy atom. The van der Waals surface area contributed by atoms with E-state index in [0.29, 0.717) is 38.4 Å². The summed E-state index contributed by atoms with van der Waals surface area (Å²) in [6.07, 6.45) is -0.0208. The summed E-state index contributed by atoms with van der Waals surface area (Å²) in [5.74, 6) is -2.02. The predicted octanol–water partition coefficient (Wildman–Crippen LogP) is 9.81. The fourth-order valence-corrected chi connectivity index (χ4v) is 11.3. The number of nitrogens with two attached hydrogens (primary N) is 1. The van der Waals surface area contributed by atoms with E-state index >= 15 is 4.79 Å². The molecule has 380 valence electrons. The number of hydrogen-bond donors (Lipinski definition) is 4. The molecule has 75 heavy (non-hydrogen) atoms. The molecule has 0 saturated carbocycles. The molecule has 4 heterocycles. The largest absolute Gasteiger partial charge is 0.448 e. The minimum Gasteiger partial charge on any atom is -0.448 e. The van der Waals surface area contributed by atoms with Gasteiger partial charge in [-0.25, -0.2) is 19.4 Å².